The summed E-state index contributed by atoms with van der Waals surface area (Å²) in [7, 11) is 0. The van der Waals surface area contributed by atoms with Gasteiger partial charge in [-0.15, -0.1) is 0 Å². The van der Waals surface area contributed by atoms with Crippen LogP contribution >= 0.6 is 27.7 Å². The molecular formula is C7H7BrN2OS. The van der Waals surface area contributed by atoms with Crippen molar-refractivity contribution in [3.8, 4) is 0 Å². The Hall–Kier alpha value is -0.420. The first-order valence-corrected chi connectivity index (χ1v) is 5.24. The van der Waals surface area contributed by atoms with Gasteiger partial charge in [0.2, 0.25) is 0 Å². The Bertz CT molecular complexity index is 316. The Balaban J connectivity index is 3.17. The molecule has 0 radical (unpaired) electrons. The second-order valence-electron chi connectivity index (χ2n) is 2.11. The zero-order valence-electron chi connectivity index (χ0n) is 6.67. The van der Waals surface area contributed by atoms with Crippen molar-refractivity contribution < 1.29 is 4.79 Å². The van der Waals surface area contributed by atoms with Crippen LogP contribution in [0.2, 0.25) is 0 Å². The van der Waals surface area contributed by atoms with Gasteiger partial charge in [0.05, 0.1) is 4.47 Å². The minimum atomic E-state index is -0.0559. The zero-order valence-corrected chi connectivity index (χ0v) is 9.07. The summed E-state index contributed by atoms with van der Waals surface area (Å²) >= 11 is 4.62. The van der Waals surface area contributed by atoms with Crippen LogP contribution in [0.4, 0.5) is 0 Å². The second kappa shape index (κ2) is 4.00. The molecule has 1 heterocycles. The summed E-state index contributed by atoms with van der Waals surface area (Å²) in [6.45, 7) is 1.48. The van der Waals surface area contributed by atoms with Gasteiger partial charge in [-0.1, -0.05) is 11.8 Å². The lowest BCUT2D eigenvalue weighted by Crippen LogP contribution is -2.00. The largest absolute Gasteiger partial charge is 0.293 e. The Labute approximate surface area is 83.1 Å². The number of carbonyl (C=O) groups excluding carboxylic acids is 1. The average Bonchev–Trinajstić information content (AvgIpc) is 2.05. The maximum absolute atomic E-state index is 11.0. The molecule has 1 aromatic heterocycles. The van der Waals surface area contributed by atoms with E-state index in [0.29, 0.717) is 15.3 Å². The number of thioether (sulfide) groups is 1. The Morgan fingerprint density at radius 2 is 2.33 bits per heavy atom. The van der Waals surface area contributed by atoms with Gasteiger partial charge in [-0.05, 0) is 22.2 Å². The second-order valence-corrected chi connectivity index (χ2v) is 3.74. The molecule has 0 amide bonds. The molecule has 0 fully saturated rings. The molecule has 0 bridgehead atoms. The van der Waals surface area contributed by atoms with E-state index in [-0.39, 0.29) is 5.78 Å². The molecule has 0 saturated heterocycles. The number of aromatic nitrogens is 2. The maximum atomic E-state index is 11.0. The lowest BCUT2D eigenvalue weighted by molar-refractivity contribution is 0.101. The van der Waals surface area contributed by atoms with Gasteiger partial charge in [0.1, 0.15) is 5.69 Å². The fraction of sp³-hybridized carbons (Fsp3) is 0.286. The van der Waals surface area contributed by atoms with E-state index >= 15 is 0 Å². The molecule has 0 aliphatic carbocycles. The number of halogens is 1. The van der Waals surface area contributed by atoms with Crippen LogP contribution in [-0.2, 0) is 0 Å². The number of carbonyl (C=O) groups is 1. The highest BCUT2D eigenvalue weighted by molar-refractivity contribution is 9.10. The minimum absolute atomic E-state index is 0.0559. The Morgan fingerprint density at radius 3 is 2.83 bits per heavy atom. The quantitative estimate of drug-likeness (QED) is 0.456. The van der Waals surface area contributed by atoms with Crippen molar-refractivity contribution in [2.45, 2.75) is 12.1 Å². The molecule has 1 aromatic rings. The summed E-state index contributed by atoms with van der Waals surface area (Å²) in [5.41, 5.74) is 0.439. The SMILES string of the molecule is CSc1ncc(Br)c(C(C)=O)n1. The van der Waals surface area contributed by atoms with Crippen molar-refractivity contribution >= 4 is 33.5 Å². The molecule has 0 aliphatic heterocycles. The third-order valence-electron chi connectivity index (χ3n) is 1.24. The predicted molar refractivity (Wildman–Crippen MR) is 51.5 cm³/mol. The van der Waals surface area contributed by atoms with Crippen LogP contribution in [0.1, 0.15) is 17.4 Å². The standard InChI is InChI=1S/C7H7BrN2OS/c1-4(11)6-5(8)3-9-7(10-6)12-2/h3H,1-2H3. The van der Waals surface area contributed by atoms with Gasteiger partial charge < -0.3 is 0 Å². The van der Waals surface area contributed by atoms with Crippen LogP contribution in [-0.4, -0.2) is 22.0 Å². The van der Waals surface area contributed by atoms with E-state index in [2.05, 4.69) is 25.9 Å². The van der Waals surface area contributed by atoms with Crippen LogP contribution in [0.5, 0.6) is 0 Å². The number of nitrogens with zero attached hydrogens (tertiary/aromatic N) is 2. The Morgan fingerprint density at radius 1 is 1.67 bits per heavy atom. The zero-order chi connectivity index (χ0) is 9.14. The number of Topliss-reactive ketones (excluding diaryl/α,β-unsaturated/α-hetero) is 1. The fourth-order valence-corrected chi connectivity index (χ4v) is 1.51. The number of hydrogen-bond donors (Lipinski definition) is 0. The molecule has 0 atom stereocenters. The van der Waals surface area contributed by atoms with Gasteiger partial charge >= 0.3 is 0 Å². The van der Waals surface area contributed by atoms with E-state index in [1.165, 1.54) is 18.7 Å². The molecule has 5 heteroatoms. The van der Waals surface area contributed by atoms with E-state index in [1.54, 1.807) is 6.20 Å². The highest BCUT2D eigenvalue weighted by atomic mass is 79.9. The normalized spacial score (nSPS) is 9.92. The summed E-state index contributed by atoms with van der Waals surface area (Å²) < 4.78 is 0.646. The fourth-order valence-electron chi connectivity index (χ4n) is 0.696. The van der Waals surface area contributed by atoms with Crippen LogP contribution in [0, 0.1) is 0 Å². The maximum Gasteiger partial charge on any atom is 0.187 e. The van der Waals surface area contributed by atoms with E-state index < -0.39 is 0 Å². The molecule has 12 heavy (non-hydrogen) atoms. The van der Waals surface area contributed by atoms with Crippen molar-refractivity contribution in [3.05, 3.63) is 16.4 Å². The van der Waals surface area contributed by atoms with Crippen molar-refractivity contribution in [1.29, 1.82) is 0 Å². The van der Waals surface area contributed by atoms with Crippen LogP contribution in [0.25, 0.3) is 0 Å². The first-order chi connectivity index (χ1) is 5.65. The van der Waals surface area contributed by atoms with E-state index in [4.69, 9.17) is 0 Å². The predicted octanol–water partition coefficient (Wildman–Crippen LogP) is 2.16. The number of hydrogen-bond acceptors (Lipinski definition) is 4. The van der Waals surface area contributed by atoms with Crippen LogP contribution in [0.15, 0.2) is 15.8 Å². The molecule has 0 unspecified atom stereocenters. The highest BCUT2D eigenvalue weighted by Gasteiger charge is 2.08. The molecule has 3 nitrogen and oxygen atoms in total. The third-order valence-corrected chi connectivity index (χ3v) is 2.38. The average molecular weight is 247 g/mol. The van der Waals surface area contributed by atoms with Crippen molar-refractivity contribution in [1.82, 2.24) is 9.97 Å². The molecular weight excluding hydrogens is 240 g/mol. The topological polar surface area (TPSA) is 42.9 Å². The van der Waals surface area contributed by atoms with Crippen molar-refractivity contribution in [3.63, 3.8) is 0 Å². The van der Waals surface area contributed by atoms with Crippen molar-refractivity contribution in [2.24, 2.45) is 0 Å². The van der Waals surface area contributed by atoms with Gasteiger partial charge in [0.25, 0.3) is 0 Å². The summed E-state index contributed by atoms with van der Waals surface area (Å²) in [5.74, 6) is -0.0559. The Kier molecular flexibility index (Phi) is 3.22. The smallest absolute Gasteiger partial charge is 0.187 e. The molecule has 0 N–H and O–H groups in total. The first-order valence-electron chi connectivity index (χ1n) is 3.22. The molecule has 1 rings (SSSR count). The first kappa shape index (κ1) is 9.67. The summed E-state index contributed by atoms with van der Waals surface area (Å²) in [5, 5.41) is 0.614. The van der Waals surface area contributed by atoms with Gasteiger partial charge in [-0.2, -0.15) is 0 Å². The summed E-state index contributed by atoms with van der Waals surface area (Å²) in [4.78, 5) is 19.0. The lowest BCUT2D eigenvalue weighted by Gasteiger charge is -1.99. The van der Waals surface area contributed by atoms with E-state index in [1.807, 2.05) is 6.26 Å². The van der Waals surface area contributed by atoms with E-state index in [9.17, 15) is 4.79 Å². The van der Waals surface area contributed by atoms with Crippen molar-refractivity contribution in [2.75, 3.05) is 6.26 Å². The van der Waals surface area contributed by atoms with Crippen LogP contribution in [0.3, 0.4) is 0 Å². The summed E-state index contributed by atoms with van der Waals surface area (Å²) in [6, 6.07) is 0. The third kappa shape index (κ3) is 2.04. The molecule has 0 aromatic carbocycles. The number of ketones is 1. The van der Waals surface area contributed by atoms with Gasteiger partial charge in [0.15, 0.2) is 10.9 Å². The highest BCUT2D eigenvalue weighted by Crippen LogP contribution is 2.17. The van der Waals surface area contributed by atoms with Gasteiger partial charge in [-0.25, -0.2) is 9.97 Å². The minimum Gasteiger partial charge on any atom is -0.293 e. The van der Waals surface area contributed by atoms with E-state index in [0.717, 1.165) is 0 Å². The summed E-state index contributed by atoms with van der Waals surface area (Å²) in [6.07, 6.45) is 3.46. The number of rotatable bonds is 2. The molecule has 0 aliphatic rings. The van der Waals surface area contributed by atoms with Gasteiger partial charge in [-0.3, -0.25) is 4.79 Å². The van der Waals surface area contributed by atoms with Gasteiger partial charge in [0, 0.05) is 13.1 Å². The monoisotopic (exact) mass is 246 g/mol. The molecule has 0 saturated carbocycles. The lowest BCUT2D eigenvalue weighted by atomic mass is 10.3. The van der Waals surface area contributed by atoms with Crippen LogP contribution < -0.4 is 0 Å². The molecule has 64 valence electrons. The molecule has 0 spiro atoms.